The fraction of sp³-hybridized carbons (Fsp3) is 0.875. The standard InChI is InChI=1S/C16H30N2O3/c1-2-5-13(6-7-15(20)21)8-11-18-14(19)12-16(17)9-3-4-10-16/h13H,2-12,17H2,1H3,(H,18,19)(H,20,21). The summed E-state index contributed by atoms with van der Waals surface area (Å²) < 4.78 is 0. The first-order chi connectivity index (χ1) is 9.95. The van der Waals surface area contributed by atoms with E-state index in [2.05, 4.69) is 12.2 Å². The molecule has 0 aromatic rings. The molecule has 5 nitrogen and oxygen atoms in total. The molecule has 1 fully saturated rings. The molecule has 5 heteroatoms. The van der Waals surface area contributed by atoms with Crippen LogP contribution >= 0.6 is 0 Å². The summed E-state index contributed by atoms with van der Waals surface area (Å²) in [7, 11) is 0. The minimum Gasteiger partial charge on any atom is -0.481 e. The largest absolute Gasteiger partial charge is 0.481 e. The van der Waals surface area contributed by atoms with Crippen LogP contribution in [0.3, 0.4) is 0 Å². The van der Waals surface area contributed by atoms with E-state index in [1.54, 1.807) is 0 Å². The normalized spacial score (nSPS) is 18.4. The average molecular weight is 298 g/mol. The lowest BCUT2D eigenvalue weighted by atomic mass is 9.93. The number of nitrogens with two attached hydrogens (primary N) is 1. The Morgan fingerprint density at radius 2 is 1.90 bits per heavy atom. The fourth-order valence-corrected chi connectivity index (χ4v) is 3.22. The Balaban J connectivity index is 2.22. The number of nitrogens with one attached hydrogen (secondary N) is 1. The molecule has 0 heterocycles. The molecule has 0 spiro atoms. The van der Waals surface area contributed by atoms with Crippen LogP contribution in [0.1, 0.15) is 71.1 Å². The first-order valence-corrected chi connectivity index (χ1v) is 8.22. The van der Waals surface area contributed by atoms with Crippen molar-refractivity contribution in [1.82, 2.24) is 5.32 Å². The van der Waals surface area contributed by atoms with E-state index < -0.39 is 5.97 Å². The van der Waals surface area contributed by atoms with Crippen molar-refractivity contribution in [2.24, 2.45) is 11.7 Å². The molecule has 0 radical (unpaired) electrons. The van der Waals surface area contributed by atoms with Crippen molar-refractivity contribution in [2.45, 2.75) is 76.7 Å². The van der Waals surface area contributed by atoms with E-state index in [9.17, 15) is 9.59 Å². The lowest BCUT2D eigenvalue weighted by Crippen LogP contribution is -2.42. The molecule has 4 N–H and O–H groups in total. The predicted molar refractivity (Wildman–Crippen MR) is 82.9 cm³/mol. The number of carbonyl (C=O) groups is 2. The third-order valence-electron chi connectivity index (χ3n) is 4.45. The van der Waals surface area contributed by atoms with Crippen molar-refractivity contribution in [2.75, 3.05) is 6.54 Å². The number of aliphatic carboxylic acids is 1. The van der Waals surface area contributed by atoms with Crippen LogP contribution in [0.25, 0.3) is 0 Å². The lowest BCUT2D eigenvalue weighted by molar-refractivity contribution is -0.137. The zero-order valence-electron chi connectivity index (χ0n) is 13.2. The number of hydrogen-bond donors (Lipinski definition) is 3. The Morgan fingerprint density at radius 3 is 2.48 bits per heavy atom. The van der Waals surface area contributed by atoms with Crippen LogP contribution in [0.15, 0.2) is 0 Å². The van der Waals surface area contributed by atoms with Gasteiger partial charge in [0.05, 0.1) is 0 Å². The molecule has 1 saturated carbocycles. The van der Waals surface area contributed by atoms with E-state index in [0.29, 0.717) is 25.3 Å². The molecule has 21 heavy (non-hydrogen) atoms. The molecule has 0 bridgehead atoms. The zero-order chi connectivity index (χ0) is 15.7. The minimum absolute atomic E-state index is 0.0351. The van der Waals surface area contributed by atoms with Gasteiger partial charge in [0.1, 0.15) is 0 Å². The number of carboxylic acids is 1. The first kappa shape index (κ1) is 18.0. The van der Waals surface area contributed by atoms with Crippen molar-refractivity contribution in [3.8, 4) is 0 Å². The van der Waals surface area contributed by atoms with Gasteiger partial charge < -0.3 is 16.2 Å². The molecule has 122 valence electrons. The van der Waals surface area contributed by atoms with Crippen LogP contribution in [-0.2, 0) is 9.59 Å². The zero-order valence-corrected chi connectivity index (χ0v) is 13.2. The second-order valence-electron chi connectivity index (χ2n) is 6.47. The Hall–Kier alpha value is -1.10. The second kappa shape index (κ2) is 9.03. The molecule has 1 aliphatic rings. The molecule has 1 rings (SSSR count). The fourth-order valence-electron chi connectivity index (χ4n) is 3.22. The highest BCUT2D eigenvalue weighted by Gasteiger charge is 2.31. The monoisotopic (exact) mass is 298 g/mol. The van der Waals surface area contributed by atoms with Gasteiger partial charge in [0.25, 0.3) is 0 Å². The summed E-state index contributed by atoms with van der Waals surface area (Å²) >= 11 is 0. The molecule has 1 atom stereocenters. The highest BCUT2D eigenvalue weighted by Crippen LogP contribution is 2.29. The van der Waals surface area contributed by atoms with Gasteiger partial charge in [-0.2, -0.15) is 0 Å². The molecule has 0 saturated heterocycles. The van der Waals surface area contributed by atoms with Gasteiger partial charge in [-0.15, -0.1) is 0 Å². The lowest BCUT2D eigenvalue weighted by Gasteiger charge is -2.23. The third kappa shape index (κ3) is 7.46. The van der Waals surface area contributed by atoms with E-state index in [0.717, 1.165) is 44.9 Å². The van der Waals surface area contributed by atoms with Crippen molar-refractivity contribution < 1.29 is 14.7 Å². The minimum atomic E-state index is -0.744. The number of amides is 1. The highest BCUT2D eigenvalue weighted by atomic mass is 16.4. The summed E-state index contributed by atoms with van der Waals surface area (Å²) in [6, 6.07) is 0. The van der Waals surface area contributed by atoms with Crippen LogP contribution in [0.2, 0.25) is 0 Å². The van der Waals surface area contributed by atoms with E-state index in [4.69, 9.17) is 10.8 Å². The van der Waals surface area contributed by atoms with Crippen molar-refractivity contribution in [1.29, 1.82) is 0 Å². The van der Waals surface area contributed by atoms with E-state index in [1.165, 1.54) is 0 Å². The van der Waals surface area contributed by atoms with Crippen LogP contribution in [0.5, 0.6) is 0 Å². The Morgan fingerprint density at radius 1 is 1.24 bits per heavy atom. The maximum atomic E-state index is 11.9. The topological polar surface area (TPSA) is 92.4 Å². The van der Waals surface area contributed by atoms with Crippen LogP contribution in [-0.4, -0.2) is 29.1 Å². The van der Waals surface area contributed by atoms with Gasteiger partial charge in [-0.1, -0.05) is 32.6 Å². The first-order valence-electron chi connectivity index (χ1n) is 8.22. The van der Waals surface area contributed by atoms with Gasteiger partial charge in [0.15, 0.2) is 0 Å². The van der Waals surface area contributed by atoms with Gasteiger partial charge >= 0.3 is 5.97 Å². The molecule has 0 aromatic heterocycles. The van der Waals surface area contributed by atoms with Crippen LogP contribution < -0.4 is 11.1 Å². The quantitative estimate of drug-likeness (QED) is 0.577. The Kier molecular flexibility index (Phi) is 7.72. The Bertz CT molecular complexity index is 338. The summed E-state index contributed by atoms with van der Waals surface area (Å²) in [6.45, 7) is 2.73. The molecule has 0 aliphatic heterocycles. The Labute approximate surface area is 127 Å². The summed E-state index contributed by atoms with van der Waals surface area (Å²) in [6.07, 6.45) is 8.37. The molecular formula is C16H30N2O3. The molecule has 1 aliphatic carbocycles. The summed E-state index contributed by atoms with van der Waals surface area (Å²) in [5.74, 6) is -0.330. The molecular weight excluding hydrogens is 268 g/mol. The van der Waals surface area contributed by atoms with Gasteiger partial charge in [-0.25, -0.2) is 0 Å². The highest BCUT2D eigenvalue weighted by molar-refractivity contribution is 5.77. The van der Waals surface area contributed by atoms with Gasteiger partial charge in [-0.3, -0.25) is 9.59 Å². The maximum Gasteiger partial charge on any atom is 0.303 e. The van der Waals surface area contributed by atoms with Gasteiger partial charge in [-0.05, 0) is 31.6 Å². The molecule has 0 aromatic carbocycles. The number of carbonyl (C=O) groups excluding carboxylic acids is 1. The predicted octanol–water partition coefficient (Wildman–Crippen LogP) is 2.44. The molecule has 1 unspecified atom stereocenters. The average Bonchev–Trinajstić information content (AvgIpc) is 2.82. The number of carboxylic acid groups (broad SMARTS) is 1. The van der Waals surface area contributed by atoms with E-state index >= 15 is 0 Å². The van der Waals surface area contributed by atoms with Crippen LogP contribution in [0, 0.1) is 5.92 Å². The SMILES string of the molecule is CCCC(CCNC(=O)CC1(N)CCCC1)CCC(=O)O. The van der Waals surface area contributed by atoms with Crippen molar-refractivity contribution in [3.63, 3.8) is 0 Å². The maximum absolute atomic E-state index is 11.9. The van der Waals surface area contributed by atoms with Crippen molar-refractivity contribution in [3.05, 3.63) is 0 Å². The van der Waals surface area contributed by atoms with Crippen LogP contribution in [0.4, 0.5) is 0 Å². The summed E-state index contributed by atoms with van der Waals surface area (Å²) in [5.41, 5.74) is 5.90. The molecule has 1 amide bonds. The van der Waals surface area contributed by atoms with Gasteiger partial charge in [0.2, 0.25) is 5.91 Å². The van der Waals surface area contributed by atoms with E-state index in [-0.39, 0.29) is 17.9 Å². The number of hydrogen-bond acceptors (Lipinski definition) is 3. The third-order valence-corrected chi connectivity index (χ3v) is 4.45. The summed E-state index contributed by atoms with van der Waals surface area (Å²) in [5, 5.41) is 11.7. The van der Waals surface area contributed by atoms with Crippen molar-refractivity contribution >= 4 is 11.9 Å². The second-order valence-corrected chi connectivity index (χ2v) is 6.47. The smallest absolute Gasteiger partial charge is 0.303 e. The summed E-state index contributed by atoms with van der Waals surface area (Å²) in [4.78, 5) is 22.6. The number of rotatable bonds is 10. The van der Waals surface area contributed by atoms with E-state index in [1.807, 2.05) is 0 Å². The van der Waals surface area contributed by atoms with Gasteiger partial charge in [0, 0.05) is 24.9 Å².